The van der Waals surface area contributed by atoms with Crippen molar-refractivity contribution in [3.8, 4) is 0 Å². The molecule has 1 saturated carbocycles. The maximum Gasteiger partial charge on any atom is 0.267 e. The summed E-state index contributed by atoms with van der Waals surface area (Å²) < 4.78 is 0. The largest absolute Gasteiger partial charge is 0.396 e. The zero-order valence-electron chi connectivity index (χ0n) is 11.8. The number of H-pyrrole nitrogens is 1. The number of rotatable bonds is 4. The molecule has 1 aromatic heterocycles. The summed E-state index contributed by atoms with van der Waals surface area (Å²) in [6.07, 6.45) is 4.13. The monoisotopic (exact) mass is 278 g/mol. The molecule has 0 unspecified atom stereocenters. The highest BCUT2D eigenvalue weighted by molar-refractivity contribution is 5.92. The van der Waals surface area contributed by atoms with Crippen molar-refractivity contribution in [3.63, 3.8) is 0 Å². The molecule has 0 bridgehead atoms. The first-order chi connectivity index (χ1) is 9.58. The fourth-order valence-electron chi connectivity index (χ4n) is 2.75. The van der Waals surface area contributed by atoms with E-state index >= 15 is 0 Å². The number of aliphatic hydroxyl groups excluding tert-OH is 1. The van der Waals surface area contributed by atoms with Gasteiger partial charge in [0.15, 0.2) is 5.43 Å². The van der Waals surface area contributed by atoms with Crippen LogP contribution in [0.4, 0.5) is 0 Å². The van der Waals surface area contributed by atoms with Crippen LogP contribution in [0, 0.1) is 18.8 Å². The highest BCUT2D eigenvalue weighted by Crippen LogP contribution is 2.27. The summed E-state index contributed by atoms with van der Waals surface area (Å²) in [5.41, 5.74) is 0.847. The number of hydrogen-bond acceptors (Lipinski definition) is 3. The van der Waals surface area contributed by atoms with Crippen molar-refractivity contribution in [2.24, 2.45) is 11.8 Å². The molecule has 1 aliphatic rings. The Balaban J connectivity index is 1.85. The standard InChI is InChI=1S/C15H22N2O3/c1-10-6-13(19)7-14(17-10)15(20)16-8-11-2-4-12(9-18)5-3-11/h6-7,11-12,18H,2-5,8-9H2,1H3,(H,16,20)(H,17,19). The van der Waals surface area contributed by atoms with Crippen LogP contribution in [-0.4, -0.2) is 29.1 Å². The van der Waals surface area contributed by atoms with Crippen molar-refractivity contribution in [1.82, 2.24) is 10.3 Å². The third kappa shape index (κ3) is 3.93. The molecule has 5 heteroatoms. The van der Waals surface area contributed by atoms with Gasteiger partial charge in [-0.15, -0.1) is 0 Å². The predicted octanol–water partition coefficient (Wildman–Crippen LogP) is 1.21. The van der Waals surface area contributed by atoms with Gasteiger partial charge < -0.3 is 15.4 Å². The van der Waals surface area contributed by atoms with Gasteiger partial charge in [0.05, 0.1) is 0 Å². The molecular weight excluding hydrogens is 256 g/mol. The van der Waals surface area contributed by atoms with Gasteiger partial charge in [-0.3, -0.25) is 9.59 Å². The fourth-order valence-corrected chi connectivity index (χ4v) is 2.75. The normalized spacial score (nSPS) is 22.5. The first-order valence-corrected chi connectivity index (χ1v) is 7.18. The van der Waals surface area contributed by atoms with Gasteiger partial charge in [-0.2, -0.15) is 0 Å². The van der Waals surface area contributed by atoms with Gasteiger partial charge in [0.2, 0.25) is 0 Å². The molecule has 1 amide bonds. The van der Waals surface area contributed by atoms with E-state index in [0.717, 1.165) is 25.7 Å². The Hall–Kier alpha value is -1.62. The van der Waals surface area contributed by atoms with E-state index in [1.165, 1.54) is 12.1 Å². The molecule has 1 fully saturated rings. The van der Waals surface area contributed by atoms with E-state index in [4.69, 9.17) is 5.11 Å². The molecule has 20 heavy (non-hydrogen) atoms. The van der Waals surface area contributed by atoms with Crippen LogP contribution in [0.15, 0.2) is 16.9 Å². The van der Waals surface area contributed by atoms with Crippen LogP contribution < -0.4 is 10.7 Å². The molecule has 0 aromatic carbocycles. The van der Waals surface area contributed by atoms with E-state index in [-0.39, 0.29) is 17.9 Å². The minimum Gasteiger partial charge on any atom is -0.396 e. The van der Waals surface area contributed by atoms with E-state index in [1.807, 2.05) is 0 Å². The minimum absolute atomic E-state index is 0.158. The van der Waals surface area contributed by atoms with Gasteiger partial charge in [-0.25, -0.2) is 0 Å². The molecule has 0 atom stereocenters. The summed E-state index contributed by atoms with van der Waals surface area (Å²) in [7, 11) is 0. The first-order valence-electron chi connectivity index (χ1n) is 7.18. The number of amides is 1. The van der Waals surface area contributed by atoms with Gasteiger partial charge in [0.25, 0.3) is 5.91 Å². The molecule has 1 heterocycles. The molecular formula is C15H22N2O3. The summed E-state index contributed by atoms with van der Waals surface area (Å²) in [4.78, 5) is 26.3. The predicted molar refractivity (Wildman–Crippen MR) is 76.7 cm³/mol. The van der Waals surface area contributed by atoms with E-state index in [9.17, 15) is 9.59 Å². The van der Waals surface area contributed by atoms with Gasteiger partial charge in [-0.05, 0) is 44.4 Å². The number of aromatic nitrogens is 1. The number of nitrogens with one attached hydrogen (secondary N) is 2. The van der Waals surface area contributed by atoms with Gasteiger partial charge >= 0.3 is 0 Å². The highest BCUT2D eigenvalue weighted by Gasteiger charge is 2.21. The Kier molecular flexibility index (Phi) is 4.95. The van der Waals surface area contributed by atoms with Crippen LogP contribution in [0.3, 0.4) is 0 Å². The van der Waals surface area contributed by atoms with Crippen molar-refractivity contribution in [3.05, 3.63) is 33.7 Å². The van der Waals surface area contributed by atoms with Crippen molar-refractivity contribution in [1.29, 1.82) is 0 Å². The van der Waals surface area contributed by atoms with Crippen LogP contribution in [0.2, 0.25) is 0 Å². The van der Waals surface area contributed by atoms with Crippen LogP contribution in [0.25, 0.3) is 0 Å². The zero-order chi connectivity index (χ0) is 14.5. The maximum atomic E-state index is 12.0. The molecule has 0 spiro atoms. The number of carbonyl (C=O) groups is 1. The Bertz CT molecular complexity index is 516. The zero-order valence-corrected chi connectivity index (χ0v) is 11.8. The molecule has 0 aliphatic heterocycles. The number of pyridine rings is 1. The lowest BCUT2D eigenvalue weighted by Gasteiger charge is -2.27. The lowest BCUT2D eigenvalue weighted by atomic mass is 9.82. The Morgan fingerprint density at radius 3 is 2.55 bits per heavy atom. The van der Waals surface area contributed by atoms with Crippen molar-refractivity contribution in [2.75, 3.05) is 13.2 Å². The summed E-state index contributed by atoms with van der Waals surface area (Å²) >= 11 is 0. The Morgan fingerprint density at radius 1 is 1.30 bits per heavy atom. The molecule has 0 radical (unpaired) electrons. The van der Waals surface area contributed by atoms with Crippen LogP contribution in [-0.2, 0) is 0 Å². The number of aromatic amines is 1. The highest BCUT2D eigenvalue weighted by atomic mass is 16.3. The topological polar surface area (TPSA) is 82.2 Å². The maximum absolute atomic E-state index is 12.0. The van der Waals surface area contributed by atoms with Gasteiger partial charge in [0, 0.05) is 31.0 Å². The fraction of sp³-hybridized carbons (Fsp3) is 0.600. The summed E-state index contributed by atoms with van der Waals surface area (Å²) in [6, 6.07) is 2.79. The molecule has 3 N–H and O–H groups in total. The second-order valence-electron chi connectivity index (χ2n) is 5.69. The number of hydrogen-bond donors (Lipinski definition) is 3. The van der Waals surface area contributed by atoms with Gasteiger partial charge in [-0.1, -0.05) is 0 Å². The van der Waals surface area contributed by atoms with E-state index in [1.54, 1.807) is 6.92 Å². The second kappa shape index (κ2) is 6.70. The summed E-state index contributed by atoms with van der Waals surface area (Å²) in [5, 5.41) is 12.0. The minimum atomic E-state index is -0.227. The average Bonchev–Trinajstić information content (AvgIpc) is 2.44. The number of aryl methyl sites for hydroxylation is 1. The van der Waals surface area contributed by atoms with Gasteiger partial charge in [0.1, 0.15) is 5.69 Å². The second-order valence-corrected chi connectivity index (χ2v) is 5.69. The van der Waals surface area contributed by atoms with Crippen LogP contribution >= 0.6 is 0 Å². The molecule has 5 nitrogen and oxygen atoms in total. The van der Waals surface area contributed by atoms with Crippen LogP contribution in [0.1, 0.15) is 41.9 Å². The number of carbonyl (C=O) groups excluding carboxylic acids is 1. The molecule has 1 aromatic rings. The molecule has 110 valence electrons. The summed E-state index contributed by atoms with van der Waals surface area (Å²) in [5.74, 6) is 0.670. The van der Waals surface area contributed by atoms with Crippen LogP contribution in [0.5, 0.6) is 0 Å². The number of aliphatic hydroxyl groups is 1. The van der Waals surface area contributed by atoms with E-state index in [0.29, 0.717) is 29.8 Å². The quantitative estimate of drug-likeness (QED) is 0.774. The van der Waals surface area contributed by atoms with Crippen molar-refractivity contribution >= 4 is 5.91 Å². The first kappa shape index (κ1) is 14.8. The van der Waals surface area contributed by atoms with E-state index < -0.39 is 0 Å². The third-order valence-electron chi connectivity index (χ3n) is 4.00. The third-order valence-corrected chi connectivity index (χ3v) is 4.00. The lowest BCUT2D eigenvalue weighted by Crippen LogP contribution is -2.32. The Labute approximate surface area is 118 Å². The average molecular weight is 278 g/mol. The summed E-state index contributed by atoms with van der Waals surface area (Å²) in [6.45, 7) is 2.66. The Morgan fingerprint density at radius 2 is 1.95 bits per heavy atom. The smallest absolute Gasteiger partial charge is 0.267 e. The van der Waals surface area contributed by atoms with E-state index in [2.05, 4.69) is 10.3 Å². The molecule has 2 rings (SSSR count). The SMILES string of the molecule is Cc1cc(=O)cc(C(=O)NCC2CCC(CO)CC2)[nH]1. The molecule has 0 saturated heterocycles. The van der Waals surface area contributed by atoms with Crippen molar-refractivity contribution < 1.29 is 9.90 Å². The lowest BCUT2D eigenvalue weighted by molar-refractivity contribution is 0.0931. The molecule has 1 aliphatic carbocycles. The van der Waals surface area contributed by atoms with Crippen molar-refractivity contribution in [2.45, 2.75) is 32.6 Å².